The lowest BCUT2D eigenvalue weighted by Crippen LogP contribution is -1.62. The number of furan rings is 2. The molecular weight excluding hydrogens is 208 g/mol. The van der Waals surface area contributed by atoms with Crippen LogP contribution in [0.25, 0.3) is 11.3 Å². The van der Waals surface area contributed by atoms with Crippen molar-refractivity contribution in [1.82, 2.24) is 0 Å². The molecule has 2 heterocycles. The van der Waals surface area contributed by atoms with Crippen molar-refractivity contribution >= 4 is 15.9 Å². The molecule has 0 aliphatic carbocycles. The standard InChI is InChI=1S/C8H5BrO2/c9-8-4-6(5-11-8)7-2-1-3-10-7/h1-5H. The summed E-state index contributed by atoms with van der Waals surface area (Å²) in [6, 6.07) is 5.59. The van der Waals surface area contributed by atoms with Crippen LogP contribution < -0.4 is 0 Å². The van der Waals surface area contributed by atoms with E-state index in [2.05, 4.69) is 15.9 Å². The van der Waals surface area contributed by atoms with E-state index in [1.807, 2.05) is 18.2 Å². The van der Waals surface area contributed by atoms with Crippen LogP contribution in [0.4, 0.5) is 0 Å². The van der Waals surface area contributed by atoms with Gasteiger partial charge < -0.3 is 8.83 Å². The Morgan fingerprint density at radius 2 is 2.18 bits per heavy atom. The van der Waals surface area contributed by atoms with E-state index in [4.69, 9.17) is 8.83 Å². The summed E-state index contributed by atoms with van der Waals surface area (Å²) in [6.07, 6.45) is 3.28. The molecule has 0 aliphatic rings. The Kier molecular flexibility index (Phi) is 1.58. The fourth-order valence-electron chi connectivity index (χ4n) is 0.882. The molecule has 0 saturated carbocycles. The van der Waals surface area contributed by atoms with E-state index in [1.165, 1.54) is 0 Å². The second-order valence-corrected chi connectivity index (χ2v) is 2.90. The minimum absolute atomic E-state index is 0.712. The molecule has 2 rings (SSSR count). The first-order valence-electron chi connectivity index (χ1n) is 3.14. The van der Waals surface area contributed by atoms with E-state index < -0.39 is 0 Å². The third-order valence-electron chi connectivity index (χ3n) is 1.37. The maximum absolute atomic E-state index is 5.15. The molecule has 11 heavy (non-hydrogen) atoms. The number of rotatable bonds is 1. The van der Waals surface area contributed by atoms with Gasteiger partial charge >= 0.3 is 0 Å². The van der Waals surface area contributed by atoms with E-state index in [-0.39, 0.29) is 0 Å². The molecule has 0 aliphatic heterocycles. The predicted molar refractivity (Wildman–Crippen MR) is 44.1 cm³/mol. The summed E-state index contributed by atoms with van der Waals surface area (Å²) in [5, 5.41) is 0. The smallest absolute Gasteiger partial charge is 0.169 e. The fraction of sp³-hybridized carbons (Fsp3) is 0. The van der Waals surface area contributed by atoms with E-state index in [9.17, 15) is 0 Å². The lowest BCUT2D eigenvalue weighted by atomic mass is 10.3. The van der Waals surface area contributed by atoms with Gasteiger partial charge in [0.1, 0.15) is 12.0 Å². The molecule has 0 radical (unpaired) electrons. The Bertz CT molecular complexity index is 335. The Balaban J connectivity index is 2.45. The Morgan fingerprint density at radius 3 is 2.73 bits per heavy atom. The quantitative estimate of drug-likeness (QED) is 0.726. The summed E-state index contributed by atoms with van der Waals surface area (Å²) < 4.78 is 10.9. The van der Waals surface area contributed by atoms with Crippen molar-refractivity contribution < 1.29 is 8.83 Å². The maximum Gasteiger partial charge on any atom is 0.169 e. The number of halogens is 1. The third kappa shape index (κ3) is 1.24. The molecule has 2 nitrogen and oxygen atoms in total. The Morgan fingerprint density at radius 1 is 1.27 bits per heavy atom. The molecule has 0 aromatic carbocycles. The molecular formula is C8H5BrO2. The summed E-state index contributed by atoms with van der Waals surface area (Å²) in [4.78, 5) is 0. The highest BCUT2D eigenvalue weighted by atomic mass is 79.9. The molecule has 3 heteroatoms. The van der Waals surface area contributed by atoms with E-state index in [0.717, 1.165) is 11.3 Å². The second-order valence-electron chi connectivity index (χ2n) is 2.12. The van der Waals surface area contributed by atoms with E-state index in [0.29, 0.717) is 4.67 Å². The van der Waals surface area contributed by atoms with Gasteiger partial charge in [-0.05, 0) is 28.1 Å². The SMILES string of the molecule is Brc1cc(-c2ccco2)co1. The summed E-state index contributed by atoms with van der Waals surface area (Å²) >= 11 is 3.21. The van der Waals surface area contributed by atoms with Gasteiger partial charge in [0.15, 0.2) is 4.67 Å². The minimum Gasteiger partial charge on any atom is -0.464 e. The zero-order valence-corrected chi connectivity index (χ0v) is 7.17. The first-order chi connectivity index (χ1) is 5.36. The van der Waals surface area contributed by atoms with Crippen molar-refractivity contribution in [3.05, 3.63) is 35.4 Å². The minimum atomic E-state index is 0.712. The predicted octanol–water partition coefficient (Wildman–Crippen LogP) is 3.30. The Hall–Kier alpha value is -0.960. The molecule has 0 spiro atoms. The van der Waals surface area contributed by atoms with Gasteiger partial charge in [0.05, 0.1) is 11.8 Å². The van der Waals surface area contributed by atoms with Gasteiger partial charge in [-0.3, -0.25) is 0 Å². The topological polar surface area (TPSA) is 26.3 Å². The van der Waals surface area contributed by atoms with Crippen LogP contribution in [-0.4, -0.2) is 0 Å². The Labute approximate surface area is 71.9 Å². The normalized spacial score (nSPS) is 10.3. The first-order valence-corrected chi connectivity index (χ1v) is 3.93. The van der Waals surface area contributed by atoms with Gasteiger partial charge in [-0.15, -0.1) is 0 Å². The summed E-state index contributed by atoms with van der Waals surface area (Å²) in [5.74, 6) is 0.819. The summed E-state index contributed by atoms with van der Waals surface area (Å²) in [6.45, 7) is 0. The third-order valence-corrected chi connectivity index (χ3v) is 1.79. The molecule has 0 N–H and O–H groups in total. The molecule has 0 bridgehead atoms. The van der Waals surface area contributed by atoms with Crippen LogP contribution in [0.3, 0.4) is 0 Å². The average molecular weight is 213 g/mol. The molecule has 0 amide bonds. The summed E-state index contributed by atoms with van der Waals surface area (Å²) in [5.41, 5.74) is 0.946. The zero-order valence-electron chi connectivity index (χ0n) is 5.58. The van der Waals surface area contributed by atoms with Crippen LogP contribution in [0.15, 0.2) is 44.2 Å². The van der Waals surface area contributed by atoms with Crippen LogP contribution in [0.1, 0.15) is 0 Å². The van der Waals surface area contributed by atoms with Crippen molar-refractivity contribution in [2.45, 2.75) is 0 Å². The average Bonchev–Trinajstić information content (AvgIpc) is 2.55. The number of hydrogen-bond donors (Lipinski definition) is 0. The molecule has 56 valence electrons. The van der Waals surface area contributed by atoms with Crippen molar-refractivity contribution in [2.24, 2.45) is 0 Å². The van der Waals surface area contributed by atoms with Gasteiger partial charge in [-0.25, -0.2) is 0 Å². The van der Waals surface area contributed by atoms with Crippen molar-refractivity contribution in [2.75, 3.05) is 0 Å². The molecule has 0 saturated heterocycles. The molecule has 2 aromatic heterocycles. The van der Waals surface area contributed by atoms with E-state index >= 15 is 0 Å². The van der Waals surface area contributed by atoms with Crippen LogP contribution in [-0.2, 0) is 0 Å². The number of hydrogen-bond acceptors (Lipinski definition) is 2. The van der Waals surface area contributed by atoms with Gasteiger partial charge in [0, 0.05) is 6.07 Å². The maximum atomic E-state index is 5.15. The van der Waals surface area contributed by atoms with Gasteiger partial charge in [-0.1, -0.05) is 0 Å². The van der Waals surface area contributed by atoms with Crippen molar-refractivity contribution in [3.63, 3.8) is 0 Å². The molecule has 0 fully saturated rings. The fourth-order valence-corrected chi connectivity index (χ4v) is 1.22. The van der Waals surface area contributed by atoms with Crippen LogP contribution in [0, 0.1) is 0 Å². The monoisotopic (exact) mass is 212 g/mol. The van der Waals surface area contributed by atoms with Crippen LogP contribution in [0.5, 0.6) is 0 Å². The lowest BCUT2D eigenvalue weighted by molar-refractivity contribution is 0.538. The van der Waals surface area contributed by atoms with Gasteiger partial charge in [0.25, 0.3) is 0 Å². The molecule has 0 atom stereocenters. The van der Waals surface area contributed by atoms with Gasteiger partial charge in [-0.2, -0.15) is 0 Å². The highest BCUT2D eigenvalue weighted by Crippen LogP contribution is 2.24. The highest BCUT2D eigenvalue weighted by molar-refractivity contribution is 9.10. The molecule has 2 aromatic rings. The second kappa shape index (κ2) is 2.58. The largest absolute Gasteiger partial charge is 0.464 e. The van der Waals surface area contributed by atoms with Crippen LogP contribution in [0.2, 0.25) is 0 Å². The highest BCUT2D eigenvalue weighted by Gasteiger charge is 2.03. The first kappa shape index (κ1) is 6.73. The van der Waals surface area contributed by atoms with Crippen molar-refractivity contribution in [1.29, 1.82) is 0 Å². The van der Waals surface area contributed by atoms with E-state index in [1.54, 1.807) is 12.5 Å². The van der Waals surface area contributed by atoms with Crippen molar-refractivity contribution in [3.8, 4) is 11.3 Å². The van der Waals surface area contributed by atoms with Gasteiger partial charge in [0.2, 0.25) is 0 Å². The zero-order chi connectivity index (χ0) is 7.68. The lowest BCUT2D eigenvalue weighted by Gasteiger charge is -1.84. The molecule has 0 unspecified atom stereocenters. The van der Waals surface area contributed by atoms with Crippen LogP contribution >= 0.6 is 15.9 Å². The summed E-state index contributed by atoms with van der Waals surface area (Å²) in [7, 11) is 0.